The zero-order valence-corrected chi connectivity index (χ0v) is 21.1. The Morgan fingerprint density at radius 2 is 1.49 bits per heavy atom. The van der Waals surface area contributed by atoms with Gasteiger partial charge in [-0.2, -0.15) is 0 Å². The predicted octanol–water partition coefficient (Wildman–Crippen LogP) is 4.72. The molecule has 2 heterocycles. The van der Waals surface area contributed by atoms with Crippen molar-refractivity contribution < 1.29 is 9.18 Å². The highest BCUT2D eigenvalue weighted by Gasteiger charge is 2.27. The maximum absolute atomic E-state index is 13.6. The summed E-state index contributed by atoms with van der Waals surface area (Å²) >= 11 is 0. The van der Waals surface area contributed by atoms with Gasteiger partial charge in [-0.15, -0.1) is 0 Å². The molecule has 2 aliphatic rings. The second kappa shape index (κ2) is 11.6. The lowest BCUT2D eigenvalue weighted by molar-refractivity contribution is -0.121. The SMILES string of the molecule is CC1=Nc2ccccc2N=C(NC(=O)CN2CCN(CCc3ccccc3)CC2)[C@@H]1c1ccc(F)cc1. The van der Waals surface area contributed by atoms with Gasteiger partial charge in [-0.1, -0.05) is 54.6 Å². The molecule has 0 unspecified atom stereocenters. The first-order valence-corrected chi connectivity index (χ1v) is 12.8. The Bertz CT molecular complexity index is 1280. The summed E-state index contributed by atoms with van der Waals surface area (Å²) in [5.74, 6) is -0.257. The van der Waals surface area contributed by atoms with E-state index in [1.54, 1.807) is 12.1 Å². The molecule has 0 saturated carbocycles. The van der Waals surface area contributed by atoms with Gasteiger partial charge in [0.15, 0.2) is 0 Å². The van der Waals surface area contributed by atoms with E-state index in [0.29, 0.717) is 18.1 Å². The van der Waals surface area contributed by atoms with Gasteiger partial charge in [0.05, 0.1) is 23.8 Å². The van der Waals surface area contributed by atoms with Crippen LogP contribution in [0.15, 0.2) is 88.8 Å². The molecule has 3 aromatic carbocycles. The zero-order chi connectivity index (χ0) is 25.6. The third-order valence-corrected chi connectivity index (χ3v) is 6.97. The maximum atomic E-state index is 13.6. The van der Waals surface area contributed by atoms with E-state index in [1.165, 1.54) is 17.7 Å². The van der Waals surface area contributed by atoms with Crippen molar-refractivity contribution in [3.05, 3.63) is 95.8 Å². The topological polar surface area (TPSA) is 60.3 Å². The molecular formula is C30H32FN5O. The van der Waals surface area contributed by atoms with Gasteiger partial charge in [-0.25, -0.2) is 9.38 Å². The first-order chi connectivity index (χ1) is 18.0. The number of amides is 1. The second-order valence-corrected chi connectivity index (χ2v) is 9.63. The molecule has 5 rings (SSSR count). The summed E-state index contributed by atoms with van der Waals surface area (Å²) in [6.07, 6.45) is 1.04. The average Bonchev–Trinajstić information content (AvgIpc) is 3.04. The average molecular weight is 498 g/mol. The summed E-state index contributed by atoms with van der Waals surface area (Å²) in [6, 6.07) is 24.5. The van der Waals surface area contributed by atoms with Gasteiger partial charge in [-0.05, 0) is 48.7 Å². The molecule has 0 aliphatic carbocycles. The number of nitrogens with zero attached hydrogens (tertiary/aromatic N) is 4. The minimum absolute atomic E-state index is 0.101. The molecule has 0 aromatic heterocycles. The predicted molar refractivity (Wildman–Crippen MR) is 147 cm³/mol. The summed E-state index contributed by atoms with van der Waals surface area (Å²) in [4.78, 5) is 27.4. The Morgan fingerprint density at radius 3 is 2.19 bits per heavy atom. The molecule has 0 bridgehead atoms. The van der Waals surface area contributed by atoms with Crippen molar-refractivity contribution in [2.24, 2.45) is 9.98 Å². The number of aliphatic imine (C=N–C) groups is 2. The summed E-state index contributed by atoms with van der Waals surface area (Å²) < 4.78 is 13.6. The molecule has 2 aliphatic heterocycles. The van der Waals surface area contributed by atoms with Crippen molar-refractivity contribution in [2.75, 3.05) is 39.3 Å². The molecule has 7 heteroatoms. The van der Waals surface area contributed by atoms with Crippen molar-refractivity contribution in [1.29, 1.82) is 0 Å². The molecule has 37 heavy (non-hydrogen) atoms. The van der Waals surface area contributed by atoms with E-state index in [1.807, 2.05) is 37.3 Å². The minimum Gasteiger partial charge on any atom is -0.312 e. The molecule has 0 radical (unpaired) electrons. The van der Waals surface area contributed by atoms with Crippen LogP contribution in [0.25, 0.3) is 0 Å². The van der Waals surface area contributed by atoms with Gasteiger partial charge in [0.2, 0.25) is 5.91 Å². The number of para-hydroxylation sites is 2. The highest BCUT2D eigenvalue weighted by molar-refractivity contribution is 6.17. The molecule has 1 fully saturated rings. The van der Waals surface area contributed by atoms with Crippen LogP contribution in [0.5, 0.6) is 0 Å². The van der Waals surface area contributed by atoms with Gasteiger partial charge in [0, 0.05) is 38.4 Å². The van der Waals surface area contributed by atoms with Gasteiger partial charge >= 0.3 is 0 Å². The van der Waals surface area contributed by atoms with Crippen LogP contribution in [-0.4, -0.2) is 66.5 Å². The third kappa shape index (κ3) is 6.37. The van der Waals surface area contributed by atoms with Gasteiger partial charge in [0.1, 0.15) is 11.7 Å². The lowest BCUT2D eigenvalue weighted by atomic mass is 9.93. The van der Waals surface area contributed by atoms with E-state index < -0.39 is 0 Å². The number of rotatable bonds is 6. The van der Waals surface area contributed by atoms with E-state index in [4.69, 9.17) is 9.98 Å². The van der Waals surface area contributed by atoms with Crippen molar-refractivity contribution in [1.82, 2.24) is 15.1 Å². The zero-order valence-electron chi connectivity index (χ0n) is 21.1. The normalized spacial score (nSPS) is 18.4. The molecular weight excluding hydrogens is 465 g/mol. The van der Waals surface area contributed by atoms with E-state index in [2.05, 4.69) is 39.4 Å². The lowest BCUT2D eigenvalue weighted by Gasteiger charge is -2.34. The number of nitrogens with one attached hydrogen (secondary N) is 1. The largest absolute Gasteiger partial charge is 0.312 e. The molecule has 0 spiro atoms. The highest BCUT2D eigenvalue weighted by Crippen LogP contribution is 2.34. The van der Waals surface area contributed by atoms with Crippen molar-refractivity contribution in [3.8, 4) is 0 Å². The van der Waals surface area contributed by atoms with Crippen LogP contribution in [0.3, 0.4) is 0 Å². The van der Waals surface area contributed by atoms with Gasteiger partial charge < -0.3 is 10.2 Å². The first kappa shape index (κ1) is 25.0. The van der Waals surface area contributed by atoms with Crippen LogP contribution in [0.4, 0.5) is 15.8 Å². The van der Waals surface area contributed by atoms with Crippen molar-refractivity contribution in [2.45, 2.75) is 19.3 Å². The highest BCUT2D eigenvalue weighted by atomic mass is 19.1. The van der Waals surface area contributed by atoms with E-state index in [0.717, 1.165) is 56.1 Å². The molecule has 1 saturated heterocycles. The second-order valence-electron chi connectivity index (χ2n) is 9.63. The Hall–Kier alpha value is -3.68. The van der Waals surface area contributed by atoms with Crippen molar-refractivity contribution in [3.63, 3.8) is 0 Å². The van der Waals surface area contributed by atoms with E-state index >= 15 is 0 Å². The summed E-state index contributed by atoms with van der Waals surface area (Å²) in [6.45, 7) is 6.83. The van der Waals surface area contributed by atoms with Crippen LogP contribution in [0.1, 0.15) is 24.0 Å². The molecule has 1 atom stereocenters. The van der Waals surface area contributed by atoms with E-state index in [9.17, 15) is 9.18 Å². The number of carbonyl (C=O) groups is 1. The molecule has 1 amide bonds. The quantitative estimate of drug-likeness (QED) is 0.536. The van der Waals surface area contributed by atoms with Crippen LogP contribution in [-0.2, 0) is 11.2 Å². The summed E-state index contributed by atoms with van der Waals surface area (Å²) in [7, 11) is 0. The molecule has 6 nitrogen and oxygen atoms in total. The monoisotopic (exact) mass is 497 g/mol. The standard InChI is InChI=1S/C30H32FN5O/c1-22-29(24-11-13-25(31)14-12-24)30(33-27-10-6-5-9-26(27)32-22)34-28(37)21-36-19-17-35(18-20-36)16-15-23-7-3-2-4-8-23/h2-14,29H,15-21H2,1H3,(H,33,34,37)/t29-/m0/s1. The lowest BCUT2D eigenvalue weighted by Crippen LogP contribution is -2.50. The van der Waals surface area contributed by atoms with Gasteiger partial charge in [-0.3, -0.25) is 14.7 Å². The number of carbonyl (C=O) groups excluding carboxylic acids is 1. The fourth-order valence-electron chi connectivity index (χ4n) is 4.94. The summed E-state index contributed by atoms with van der Waals surface area (Å²) in [5.41, 5.74) is 4.44. The maximum Gasteiger partial charge on any atom is 0.239 e. The van der Waals surface area contributed by atoms with Crippen LogP contribution in [0.2, 0.25) is 0 Å². The van der Waals surface area contributed by atoms with Crippen LogP contribution < -0.4 is 5.32 Å². The fourth-order valence-corrected chi connectivity index (χ4v) is 4.94. The Morgan fingerprint density at radius 1 is 0.865 bits per heavy atom. The molecule has 1 N–H and O–H groups in total. The number of amidine groups is 1. The number of piperazine rings is 1. The minimum atomic E-state index is -0.369. The number of benzene rings is 3. The number of fused-ring (bicyclic) bond motifs is 1. The Kier molecular flexibility index (Phi) is 7.82. The van der Waals surface area contributed by atoms with Crippen molar-refractivity contribution >= 4 is 28.8 Å². The molecule has 3 aromatic rings. The number of halogens is 1. The van der Waals surface area contributed by atoms with E-state index in [-0.39, 0.29) is 17.6 Å². The smallest absolute Gasteiger partial charge is 0.239 e. The van der Waals surface area contributed by atoms with Gasteiger partial charge in [0.25, 0.3) is 0 Å². The number of hydrogen-bond donors (Lipinski definition) is 1. The third-order valence-electron chi connectivity index (χ3n) is 6.97. The van der Waals surface area contributed by atoms with Crippen LogP contribution >= 0.6 is 0 Å². The van der Waals surface area contributed by atoms with Crippen LogP contribution in [0, 0.1) is 5.82 Å². The summed E-state index contributed by atoms with van der Waals surface area (Å²) in [5, 5.41) is 3.08. The Labute approximate surface area is 217 Å². The number of hydrogen-bond acceptors (Lipinski definition) is 5. The molecule has 190 valence electrons. The first-order valence-electron chi connectivity index (χ1n) is 12.8. The fraction of sp³-hybridized carbons (Fsp3) is 0.300. The Balaban J connectivity index is 1.24.